The number of aliphatic hydroxyl groups is 1. The molecule has 0 saturated carbocycles. The Balaban J connectivity index is 2.36. The van der Waals surface area contributed by atoms with E-state index in [1.165, 1.54) is 0 Å². The molecule has 0 aliphatic heterocycles. The van der Waals surface area contributed by atoms with Gasteiger partial charge < -0.3 is 20.3 Å². The van der Waals surface area contributed by atoms with Crippen LogP contribution in [0.4, 0.5) is 5.69 Å². The van der Waals surface area contributed by atoms with Gasteiger partial charge in [-0.2, -0.15) is 0 Å². The molecule has 0 bridgehead atoms. The third-order valence-corrected chi connectivity index (χ3v) is 2.84. The average Bonchev–Trinajstić information content (AvgIpc) is 2.49. The number of hydrogen-bond donors (Lipinski definition) is 2. The number of hydrogen-bond acceptors (Lipinski definition) is 5. The summed E-state index contributed by atoms with van der Waals surface area (Å²) >= 11 is 0. The van der Waals surface area contributed by atoms with Crippen LogP contribution in [-0.4, -0.2) is 17.7 Å². The molecule has 3 N–H and O–H groups in total. The first-order chi connectivity index (χ1) is 10.2. The van der Waals surface area contributed by atoms with Crippen LogP contribution in [0.5, 0.6) is 11.5 Å². The van der Waals surface area contributed by atoms with Crippen molar-refractivity contribution in [1.29, 1.82) is 0 Å². The first-order valence-corrected chi connectivity index (χ1v) is 6.59. The molecule has 0 atom stereocenters. The minimum absolute atomic E-state index is 0.0911. The summed E-state index contributed by atoms with van der Waals surface area (Å²) in [6.45, 7) is 1.91. The monoisotopic (exact) mass is 287 g/mol. The van der Waals surface area contributed by atoms with E-state index < -0.39 is 5.97 Å². The molecule has 5 nitrogen and oxygen atoms in total. The second-order valence-corrected chi connectivity index (χ2v) is 4.35. The van der Waals surface area contributed by atoms with Gasteiger partial charge in [-0.05, 0) is 36.8 Å². The molecule has 0 aliphatic rings. The fraction of sp³-hybridized carbons (Fsp3) is 0.188. The van der Waals surface area contributed by atoms with E-state index in [1.54, 1.807) is 49.4 Å². The van der Waals surface area contributed by atoms with Gasteiger partial charge in [0.1, 0.15) is 11.3 Å². The van der Waals surface area contributed by atoms with Crippen LogP contribution in [0, 0.1) is 0 Å². The maximum Gasteiger partial charge on any atom is 0.342 e. The zero-order valence-corrected chi connectivity index (χ0v) is 11.7. The van der Waals surface area contributed by atoms with Crippen molar-refractivity contribution in [2.45, 2.75) is 13.5 Å². The van der Waals surface area contributed by atoms with E-state index in [4.69, 9.17) is 20.3 Å². The van der Waals surface area contributed by atoms with Crippen LogP contribution in [-0.2, 0) is 11.3 Å². The van der Waals surface area contributed by atoms with Gasteiger partial charge in [-0.1, -0.05) is 18.2 Å². The molecular weight excluding hydrogens is 270 g/mol. The molecule has 0 saturated heterocycles. The molecule has 0 aromatic heterocycles. The Morgan fingerprint density at radius 1 is 1.24 bits per heavy atom. The predicted molar refractivity (Wildman–Crippen MR) is 79.2 cm³/mol. The highest BCUT2D eigenvalue weighted by Crippen LogP contribution is 2.32. The van der Waals surface area contributed by atoms with Crippen molar-refractivity contribution in [1.82, 2.24) is 0 Å². The Kier molecular flexibility index (Phi) is 4.79. The molecule has 0 spiro atoms. The van der Waals surface area contributed by atoms with Crippen LogP contribution in [0.15, 0.2) is 42.5 Å². The Morgan fingerprint density at radius 2 is 2.00 bits per heavy atom. The largest absolute Gasteiger partial charge is 0.462 e. The van der Waals surface area contributed by atoms with Gasteiger partial charge in [-0.25, -0.2) is 4.79 Å². The normalized spacial score (nSPS) is 10.2. The Bertz CT molecular complexity index is 640. The van der Waals surface area contributed by atoms with Crippen LogP contribution < -0.4 is 10.5 Å². The third kappa shape index (κ3) is 3.52. The topological polar surface area (TPSA) is 81.8 Å². The van der Waals surface area contributed by atoms with Crippen molar-refractivity contribution in [2.75, 3.05) is 12.3 Å². The standard InChI is InChI=1S/C16H17NO4/c1-2-20-16(19)13-7-4-8-14(17)15(13)21-12-6-3-5-11(9-12)10-18/h3-9,18H,2,10,17H2,1H3. The minimum atomic E-state index is -0.488. The smallest absolute Gasteiger partial charge is 0.342 e. The summed E-state index contributed by atoms with van der Waals surface area (Å²) in [6, 6.07) is 11.8. The molecule has 2 rings (SSSR count). The number of benzene rings is 2. The van der Waals surface area contributed by atoms with Crippen molar-refractivity contribution in [3.63, 3.8) is 0 Å². The lowest BCUT2D eigenvalue weighted by Crippen LogP contribution is -2.08. The number of nitrogens with two attached hydrogens (primary N) is 1. The van der Waals surface area contributed by atoms with Crippen LogP contribution in [0.2, 0.25) is 0 Å². The van der Waals surface area contributed by atoms with Crippen molar-refractivity contribution in [3.8, 4) is 11.5 Å². The van der Waals surface area contributed by atoms with E-state index in [-0.39, 0.29) is 24.5 Å². The fourth-order valence-electron chi connectivity index (χ4n) is 1.86. The van der Waals surface area contributed by atoms with Crippen LogP contribution in [0.25, 0.3) is 0 Å². The molecule has 0 aliphatic carbocycles. The van der Waals surface area contributed by atoms with E-state index in [2.05, 4.69) is 0 Å². The summed E-state index contributed by atoms with van der Waals surface area (Å²) in [5.41, 5.74) is 7.21. The SMILES string of the molecule is CCOC(=O)c1cccc(N)c1Oc1cccc(CO)c1. The molecule has 0 fully saturated rings. The Labute approximate surface area is 122 Å². The maximum atomic E-state index is 11.9. The van der Waals surface area contributed by atoms with Gasteiger partial charge in [0.15, 0.2) is 5.75 Å². The average molecular weight is 287 g/mol. The van der Waals surface area contributed by atoms with E-state index in [9.17, 15) is 4.79 Å². The highest BCUT2D eigenvalue weighted by molar-refractivity contribution is 5.94. The van der Waals surface area contributed by atoms with Gasteiger partial charge in [-0.3, -0.25) is 0 Å². The van der Waals surface area contributed by atoms with Gasteiger partial charge in [0.25, 0.3) is 0 Å². The number of esters is 1. The first-order valence-electron chi connectivity index (χ1n) is 6.59. The lowest BCUT2D eigenvalue weighted by molar-refractivity contribution is 0.0523. The predicted octanol–water partition coefficient (Wildman–Crippen LogP) is 2.73. The molecule has 21 heavy (non-hydrogen) atoms. The maximum absolute atomic E-state index is 11.9. The lowest BCUT2D eigenvalue weighted by atomic mass is 10.1. The van der Waals surface area contributed by atoms with Crippen molar-refractivity contribution in [3.05, 3.63) is 53.6 Å². The highest BCUT2D eigenvalue weighted by atomic mass is 16.5. The van der Waals surface area contributed by atoms with E-state index in [0.29, 0.717) is 17.0 Å². The second-order valence-electron chi connectivity index (χ2n) is 4.35. The Morgan fingerprint density at radius 3 is 2.71 bits per heavy atom. The minimum Gasteiger partial charge on any atom is -0.462 e. The quantitative estimate of drug-likeness (QED) is 0.652. The molecule has 2 aromatic carbocycles. The zero-order chi connectivity index (χ0) is 15.2. The van der Waals surface area contributed by atoms with Crippen molar-refractivity contribution >= 4 is 11.7 Å². The number of anilines is 1. The zero-order valence-electron chi connectivity index (χ0n) is 11.7. The number of ether oxygens (including phenoxy) is 2. The summed E-state index contributed by atoms with van der Waals surface area (Å²) in [6.07, 6.45) is 0. The molecular formula is C16H17NO4. The fourth-order valence-corrected chi connectivity index (χ4v) is 1.86. The number of nitrogen functional groups attached to an aromatic ring is 1. The summed E-state index contributed by atoms with van der Waals surface area (Å²) in [5, 5.41) is 9.14. The summed E-state index contributed by atoms with van der Waals surface area (Å²) in [5.74, 6) is 0.258. The number of aliphatic hydroxyl groups excluding tert-OH is 1. The molecule has 110 valence electrons. The van der Waals surface area contributed by atoms with E-state index >= 15 is 0 Å². The van der Waals surface area contributed by atoms with Crippen molar-refractivity contribution < 1.29 is 19.4 Å². The summed E-state index contributed by atoms with van der Waals surface area (Å²) in [4.78, 5) is 11.9. The van der Waals surface area contributed by atoms with Gasteiger partial charge >= 0.3 is 5.97 Å². The lowest BCUT2D eigenvalue weighted by Gasteiger charge is -2.13. The number of rotatable bonds is 5. The van der Waals surface area contributed by atoms with Crippen molar-refractivity contribution in [2.24, 2.45) is 0 Å². The van der Waals surface area contributed by atoms with Crippen LogP contribution >= 0.6 is 0 Å². The van der Waals surface area contributed by atoms with Gasteiger partial charge in [0.05, 0.1) is 18.9 Å². The van der Waals surface area contributed by atoms with Crippen LogP contribution in [0.1, 0.15) is 22.8 Å². The van der Waals surface area contributed by atoms with E-state index in [0.717, 1.165) is 0 Å². The first kappa shape index (κ1) is 14.9. The Hall–Kier alpha value is -2.53. The van der Waals surface area contributed by atoms with Crippen LogP contribution in [0.3, 0.4) is 0 Å². The highest BCUT2D eigenvalue weighted by Gasteiger charge is 2.17. The van der Waals surface area contributed by atoms with E-state index in [1.807, 2.05) is 0 Å². The van der Waals surface area contributed by atoms with Gasteiger partial charge in [-0.15, -0.1) is 0 Å². The number of carbonyl (C=O) groups is 1. The second kappa shape index (κ2) is 6.76. The summed E-state index contributed by atoms with van der Waals surface area (Å²) < 4.78 is 10.7. The van der Waals surface area contributed by atoms with Gasteiger partial charge in [0.2, 0.25) is 0 Å². The number of carbonyl (C=O) groups excluding carboxylic acids is 1. The molecule has 0 heterocycles. The summed E-state index contributed by atoms with van der Waals surface area (Å²) in [7, 11) is 0. The molecule has 2 aromatic rings. The third-order valence-electron chi connectivity index (χ3n) is 2.84. The molecule has 0 unspecified atom stereocenters. The molecule has 5 heteroatoms. The number of para-hydroxylation sites is 1. The molecule has 0 radical (unpaired) electrons. The van der Waals surface area contributed by atoms with Gasteiger partial charge in [0, 0.05) is 0 Å². The molecule has 0 amide bonds.